The van der Waals surface area contributed by atoms with Crippen LogP contribution in [0, 0.1) is 5.92 Å². The maximum atomic E-state index is 12.1. The van der Waals surface area contributed by atoms with Gasteiger partial charge in [0.15, 0.2) is 5.78 Å². The van der Waals surface area contributed by atoms with Crippen LogP contribution in [0.4, 0.5) is 0 Å². The molecular formula is C28H40O12. The Morgan fingerprint density at radius 2 is 1.18 bits per heavy atom. The lowest BCUT2D eigenvalue weighted by atomic mass is 9.88. The van der Waals surface area contributed by atoms with E-state index < -0.39 is 42.1 Å². The largest absolute Gasteiger partial charge is 0.465 e. The van der Waals surface area contributed by atoms with E-state index in [1.54, 1.807) is 13.8 Å². The molecule has 12 nitrogen and oxygen atoms in total. The van der Waals surface area contributed by atoms with Crippen molar-refractivity contribution >= 4 is 35.6 Å². The number of ketones is 1. The highest BCUT2D eigenvalue weighted by Crippen LogP contribution is 2.26. The van der Waals surface area contributed by atoms with E-state index in [2.05, 4.69) is 13.2 Å². The zero-order valence-corrected chi connectivity index (χ0v) is 23.3. The molecule has 224 valence electrons. The molecule has 1 aliphatic carbocycles. The first-order chi connectivity index (χ1) is 19.0. The maximum absolute atomic E-state index is 12.1. The average Bonchev–Trinajstić information content (AvgIpc) is 2.94. The van der Waals surface area contributed by atoms with Crippen molar-refractivity contribution < 1.29 is 57.2 Å². The van der Waals surface area contributed by atoms with E-state index in [1.165, 1.54) is 0 Å². The molecule has 0 saturated heterocycles. The van der Waals surface area contributed by atoms with Crippen molar-refractivity contribution in [2.75, 3.05) is 26.4 Å². The molecule has 0 radical (unpaired) electrons. The summed E-state index contributed by atoms with van der Waals surface area (Å²) in [6.45, 7) is 9.61. The zero-order chi connectivity index (χ0) is 29.9. The number of hydrogen-bond acceptors (Lipinski definition) is 12. The first kappa shape index (κ1) is 34.5. The highest BCUT2D eigenvalue weighted by Gasteiger charge is 2.24. The molecule has 1 aliphatic rings. The standard InChI is InChI=1S/C28H40O12/c1-5-24(30)36-15-19(3)39-27(33)12-9-22(29)18-35-23-10-7-21(8-11-23)17-38-26(32)13-14-28(34)40-20(4)16-37-25(31)6-2/h5-6,19-21,23H,1-2,7-18H2,3-4H3. The summed E-state index contributed by atoms with van der Waals surface area (Å²) in [6.07, 6.45) is 3.21. The SMILES string of the molecule is C=CC(=O)OCC(C)OC(=O)CCC(=O)COC1CCC(COC(=O)CCC(=O)OC(C)COC(=O)C=C)CC1. The van der Waals surface area contributed by atoms with Crippen LogP contribution in [0.1, 0.15) is 65.2 Å². The van der Waals surface area contributed by atoms with Crippen molar-refractivity contribution in [3.05, 3.63) is 25.3 Å². The minimum absolute atomic E-state index is 0.0154. The van der Waals surface area contributed by atoms with Crippen molar-refractivity contribution in [3.63, 3.8) is 0 Å². The van der Waals surface area contributed by atoms with Gasteiger partial charge in [0, 0.05) is 18.6 Å². The quantitative estimate of drug-likeness (QED) is 0.128. The second kappa shape index (κ2) is 19.5. The Hall–Kier alpha value is -3.54. The zero-order valence-electron chi connectivity index (χ0n) is 23.3. The van der Waals surface area contributed by atoms with Crippen molar-refractivity contribution in [2.45, 2.75) is 83.5 Å². The summed E-state index contributed by atoms with van der Waals surface area (Å²) in [7, 11) is 0. The molecule has 0 aromatic carbocycles. The monoisotopic (exact) mass is 568 g/mol. The first-order valence-electron chi connectivity index (χ1n) is 13.3. The number of ether oxygens (including phenoxy) is 6. The van der Waals surface area contributed by atoms with Crippen LogP contribution in [0.3, 0.4) is 0 Å². The first-order valence-corrected chi connectivity index (χ1v) is 13.3. The molecule has 1 rings (SSSR count). The lowest BCUT2D eigenvalue weighted by Crippen LogP contribution is -2.27. The highest BCUT2D eigenvalue weighted by atomic mass is 16.6. The van der Waals surface area contributed by atoms with Gasteiger partial charge in [-0.15, -0.1) is 0 Å². The highest BCUT2D eigenvalue weighted by molar-refractivity contribution is 5.84. The fraction of sp³-hybridized carbons (Fsp3) is 0.643. The van der Waals surface area contributed by atoms with E-state index in [-0.39, 0.29) is 69.9 Å². The smallest absolute Gasteiger partial charge is 0.330 e. The lowest BCUT2D eigenvalue weighted by Gasteiger charge is -2.28. The number of rotatable bonds is 19. The van der Waals surface area contributed by atoms with Crippen LogP contribution in [0.5, 0.6) is 0 Å². The maximum Gasteiger partial charge on any atom is 0.330 e. The van der Waals surface area contributed by atoms with Gasteiger partial charge in [-0.05, 0) is 45.4 Å². The van der Waals surface area contributed by atoms with Crippen LogP contribution in [0.25, 0.3) is 0 Å². The number of Topliss-reactive ketones (excluding diaryl/α,β-unsaturated/α-hetero) is 1. The number of carbonyl (C=O) groups is 6. The minimum Gasteiger partial charge on any atom is -0.465 e. The van der Waals surface area contributed by atoms with E-state index in [0.29, 0.717) is 12.8 Å². The fourth-order valence-corrected chi connectivity index (χ4v) is 3.63. The van der Waals surface area contributed by atoms with E-state index in [4.69, 9.17) is 28.4 Å². The van der Waals surface area contributed by atoms with Gasteiger partial charge in [0.05, 0.1) is 32.0 Å². The van der Waals surface area contributed by atoms with Gasteiger partial charge in [0.25, 0.3) is 0 Å². The van der Waals surface area contributed by atoms with Crippen molar-refractivity contribution in [3.8, 4) is 0 Å². The van der Waals surface area contributed by atoms with Gasteiger partial charge >= 0.3 is 29.8 Å². The van der Waals surface area contributed by atoms with Gasteiger partial charge in [-0.2, -0.15) is 0 Å². The van der Waals surface area contributed by atoms with E-state index >= 15 is 0 Å². The van der Waals surface area contributed by atoms with Gasteiger partial charge in [-0.25, -0.2) is 9.59 Å². The summed E-state index contributed by atoms with van der Waals surface area (Å²) >= 11 is 0. The third-order valence-electron chi connectivity index (χ3n) is 5.81. The summed E-state index contributed by atoms with van der Waals surface area (Å²) < 4.78 is 30.7. The van der Waals surface area contributed by atoms with Gasteiger partial charge < -0.3 is 28.4 Å². The van der Waals surface area contributed by atoms with Gasteiger partial charge in [-0.3, -0.25) is 19.2 Å². The Balaban J connectivity index is 2.13. The molecule has 0 N–H and O–H groups in total. The van der Waals surface area contributed by atoms with Crippen LogP contribution in [0.2, 0.25) is 0 Å². The number of hydrogen-bond donors (Lipinski definition) is 0. The van der Waals surface area contributed by atoms with Crippen molar-refractivity contribution in [1.29, 1.82) is 0 Å². The van der Waals surface area contributed by atoms with Crippen LogP contribution in [-0.4, -0.2) is 80.4 Å². The normalized spacial score (nSPS) is 17.9. The number of carbonyl (C=O) groups excluding carboxylic acids is 6. The molecule has 0 aliphatic heterocycles. The Morgan fingerprint density at radius 3 is 1.68 bits per heavy atom. The van der Waals surface area contributed by atoms with Crippen LogP contribution in [-0.2, 0) is 57.2 Å². The second-order valence-electron chi connectivity index (χ2n) is 9.44. The summed E-state index contributed by atoms with van der Waals surface area (Å²) in [6, 6.07) is 0. The average molecular weight is 569 g/mol. The van der Waals surface area contributed by atoms with Crippen molar-refractivity contribution in [1.82, 2.24) is 0 Å². The van der Waals surface area contributed by atoms with Crippen LogP contribution in [0.15, 0.2) is 25.3 Å². The molecule has 0 spiro atoms. The van der Waals surface area contributed by atoms with Crippen molar-refractivity contribution in [2.24, 2.45) is 5.92 Å². The molecule has 0 aromatic heterocycles. The second-order valence-corrected chi connectivity index (χ2v) is 9.44. The molecule has 1 saturated carbocycles. The molecule has 1 fully saturated rings. The molecule has 2 unspecified atom stereocenters. The van der Waals surface area contributed by atoms with Crippen LogP contribution < -0.4 is 0 Å². The van der Waals surface area contributed by atoms with Crippen LogP contribution >= 0.6 is 0 Å². The predicted molar refractivity (Wildman–Crippen MR) is 140 cm³/mol. The Bertz CT molecular complexity index is 816. The molecule has 0 amide bonds. The van der Waals surface area contributed by atoms with Gasteiger partial charge in [0.2, 0.25) is 0 Å². The fourth-order valence-electron chi connectivity index (χ4n) is 3.63. The molecular weight excluding hydrogens is 528 g/mol. The van der Waals surface area contributed by atoms with Gasteiger partial charge in [-0.1, -0.05) is 13.2 Å². The molecule has 12 heteroatoms. The Morgan fingerprint density at radius 1 is 0.700 bits per heavy atom. The Labute approximate surface area is 234 Å². The Kier molecular flexibility index (Phi) is 16.8. The summed E-state index contributed by atoms with van der Waals surface area (Å²) in [5.74, 6) is -2.95. The molecule has 0 heterocycles. The molecule has 2 atom stereocenters. The van der Waals surface area contributed by atoms with E-state index in [0.717, 1.165) is 25.0 Å². The third kappa shape index (κ3) is 16.4. The number of esters is 5. The molecule has 0 aromatic rings. The minimum atomic E-state index is -0.646. The summed E-state index contributed by atoms with van der Waals surface area (Å²) in [5.41, 5.74) is 0. The lowest BCUT2D eigenvalue weighted by molar-refractivity contribution is -0.158. The van der Waals surface area contributed by atoms with E-state index in [1.807, 2.05) is 0 Å². The predicted octanol–water partition coefficient (Wildman–Crippen LogP) is 2.56. The molecule has 0 bridgehead atoms. The van der Waals surface area contributed by atoms with Gasteiger partial charge in [0.1, 0.15) is 32.0 Å². The van der Waals surface area contributed by atoms with E-state index in [9.17, 15) is 28.8 Å². The topological polar surface area (TPSA) is 158 Å². The summed E-state index contributed by atoms with van der Waals surface area (Å²) in [4.78, 5) is 69.8. The molecule has 40 heavy (non-hydrogen) atoms. The third-order valence-corrected chi connectivity index (χ3v) is 5.81. The summed E-state index contributed by atoms with van der Waals surface area (Å²) in [5, 5.41) is 0.